The highest BCUT2D eigenvalue weighted by molar-refractivity contribution is 6.30. The first-order valence-electron chi connectivity index (χ1n) is 8.11. The lowest BCUT2D eigenvalue weighted by Gasteiger charge is -2.09. The second kappa shape index (κ2) is 8.40. The van der Waals surface area contributed by atoms with Crippen molar-refractivity contribution in [3.8, 4) is 0 Å². The summed E-state index contributed by atoms with van der Waals surface area (Å²) in [5, 5.41) is 6.65. The van der Waals surface area contributed by atoms with Crippen molar-refractivity contribution in [1.82, 2.24) is 20.3 Å². The smallest absolute Gasteiger partial charge is 0.270 e. The minimum absolute atomic E-state index is 0.252. The van der Waals surface area contributed by atoms with Gasteiger partial charge < -0.3 is 10.6 Å². The topological polar surface area (TPSA) is 79.8 Å². The Morgan fingerprint density at radius 3 is 2.42 bits per heavy atom. The van der Waals surface area contributed by atoms with E-state index in [1.54, 1.807) is 30.6 Å². The lowest BCUT2D eigenvalue weighted by molar-refractivity contribution is 0.0945. The third-order valence-corrected chi connectivity index (χ3v) is 3.91. The number of aromatic nitrogens is 3. The minimum Gasteiger partial charge on any atom is -0.350 e. The molecular weight excluding hydrogens is 350 g/mol. The number of halogens is 1. The fourth-order valence-corrected chi connectivity index (χ4v) is 2.45. The van der Waals surface area contributed by atoms with E-state index < -0.39 is 0 Å². The zero-order valence-corrected chi connectivity index (χ0v) is 15.0. The third-order valence-electron chi connectivity index (χ3n) is 3.65. The molecule has 0 aliphatic heterocycles. The van der Waals surface area contributed by atoms with Crippen LogP contribution in [0.15, 0.2) is 54.9 Å². The first-order chi connectivity index (χ1) is 12.6. The number of nitrogens with one attached hydrogen (secondary N) is 2. The highest BCUT2D eigenvalue weighted by Crippen LogP contribution is 2.10. The molecule has 0 atom stereocenters. The lowest BCUT2D eigenvalue weighted by atomic mass is 10.2. The van der Waals surface area contributed by atoms with E-state index in [4.69, 9.17) is 11.6 Å². The molecule has 2 aromatic heterocycles. The molecule has 6 nitrogen and oxygen atoms in total. The molecule has 3 aromatic rings. The number of carbonyl (C=O) groups excluding carboxylic acids is 1. The number of pyridine rings is 1. The first kappa shape index (κ1) is 17.8. The van der Waals surface area contributed by atoms with Crippen LogP contribution in [0.3, 0.4) is 0 Å². The van der Waals surface area contributed by atoms with Gasteiger partial charge >= 0.3 is 0 Å². The molecule has 3 rings (SSSR count). The molecule has 7 heteroatoms. The Morgan fingerprint density at radius 2 is 1.69 bits per heavy atom. The van der Waals surface area contributed by atoms with Crippen LogP contribution in [-0.2, 0) is 13.1 Å². The predicted molar refractivity (Wildman–Crippen MR) is 101 cm³/mol. The molecule has 0 radical (unpaired) electrons. The average Bonchev–Trinajstić information content (AvgIpc) is 2.66. The fraction of sp³-hybridized carbons (Fsp3) is 0.158. The van der Waals surface area contributed by atoms with Crippen molar-refractivity contribution in [2.75, 3.05) is 5.32 Å². The normalized spacial score (nSPS) is 10.4. The summed E-state index contributed by atoms with van der Waals surface area (Å²) >= 11 is 5.86. The quantitative estimate of drug-likeness (QED) is 0.698. The molecule has 26 heavy (non-hydrogen) atoms. The van der Waals surface area contributed by atoms with Crippen molar-refractivity contribution in [2.45, 2.75) is 20.0 Å². The second-order valence-electron chi connectivity index (χ2n) is 5.74. The van der Waals surface area contributed by atoms with Crippen LogP contribution in [0.5, 0.6) is 0 Å². The molecular formula is C19H18ClN5O. The van der Waals surface area contributed by atoms with Gasteiger partial charge in [-0.05, 0) is 48.4 Å². The van der Waals surface area contributed by atoms with E-state index in [2.05, 4.69) is 25.6 Å². The van der Waals surface area contributed by atoms with E-state index >= 15 is 0 Å². The summed E-state index contributed by atoms with van der Waals surface area (Å²) in [6.45, 7) is 2.78. The largest absolute Gasteiger partial charge is 0.350 e. The maximum absolute atomic E-state index is 12.4. The number of aryl methyl sites for hydroxylation is 1. The summed E-state index contributed by atoms with van der Waals surface area (Å²) in [7, 11) is 0. The third kappa shape index (κ3) is 5.00. The number of amides is 1. The molecule has 0 unspecified atom stereocenters. The number of rotatable bonds is 6. The molecule has 1 amide bonds. The maximum Gasteiger partial charge on any atom is 0.270 e. The van der Waals surface area contributed by atoms with E-state index in [1.807, 2.05) is 31.2 Å². The minimum atomic E-state index is -0.252. The fourth-order valence-electron chi connectivity index (χ4n) is 2.32. The SMILES string of the molecule is Cc1cc(C(=O)NCc2ccc(Cl)cc2)nc(NCc2ccncc2)n1. The van der Waals surface area contributed by atoms with E-state index in [-0.39, 0.29) is 5.91 Å². The van der Waals surface area contributed by atoms with Gasteiger partial charge in [-0.15, -0.1) is 0 Å². The van der Waals surface area contributed by atoms with Gasteiger partial charge in [-0.2, -0.15) is 0 Å². The number of hydrogen-bond acceptors (Lipinski definition) is 5. The van der Waals surface area contributed by atoms with Crippen LogP contribution >= 0.6 is 11.6 Å². The van der Waals surface area contributed by atoms with Crippen LogP contribution in [0.4, 0.5) is 5.95 Å². The van der Waals surface area contributed by atoms with Crippen molar-refractivity contribution in [2.24, 2.45) is 0 Å². The number of nitrogens with zero attached hydrogens (tertiary/aromatic N) is 3. The van der Waals surface area contributed by atoms with Crippen molar-refractivity contribution < 1.29 is 4.79 Å². The molecule has 0 fully saturated rings. The summed E-state index contributed by atoms with van der Waals surface area (Å²) in [6.07, 6.45) is 3.45. The Balaban J connectivity index is 1.64. The van der Waals surface area contributed by atoms with Crippen molar-refractivity contribution in [3.63, 3.8) is 0 Å². The maximum atomic E-state index is 12.4. The number of benzene rings is 1. The van der Waals surface area contributed by atoms with Crippen LogP contribution in [0, 0.1) is 6.92 Å². The summed E-state index contributed by atoms with van der Waals surface area (Å²) in [5.41, 5.74) is 3.06. The Hall–Kier alpha value is -2.99. The van der Waals surface area contributed by atoms with Crippen molar-refractivity contribution in [1.29, 1.82) is 0 Å². The van der Waals surface area contributed by atoms with Gasteiger partial charge in [-0.3, -0.25) is 9.78 Å². The van der Waals surface area contributed by atoms with Crippen molar-refractivity contribution in [3.05, 3.63) is 82.4 Å². The van der Waals surface area contributed by atoms with Crippen molar-refractivity contribution >= 4 is 23.5 Å². The van der Waals surface area contributed by atoms with Crippen LogP contribution in [0.1, 0.15) is 27.3 Å². The Kier molecular flexibility index (Phi) is 5.76. The summed E-state index contributed by atoms with van der Waals surface area (Å²) < 4.78 is 0. The number of hydrogen-bond donors (Lipinski definition) is 2. The average molecular weight is 368 g/mol. The van der Waals surface area contributed by atoms with Gasteiger partial charge in [0, 0.05) is 36.2 Å². The molecule has 0 aliphatic carbocycles. The zero-order chi connectivity index (χ0) is 18.4. The summed E-state index contributed by atoms with van der Waals surface area (Å²) in [4.78, 5) is 25.0. The van der Waals surface area contributed by atoms with Crippen LogP contribution < -0.4 is 10.6 Å². The van der Waals surface area contributed by atoms with Crippen LogP contribution in [0.2, 0.25) is 5.02 Å². The van der Waals surface area contributed by atoms with Gasteiger partial charge in [0.05, 0.1) is 0 Å². The van der Waals surface area contributed by atoms with Gasteiger partial charge in [0.15, 0.2) is 0 Å². The Bertz CT molecular complexity index is 884. The van der Waals surface area contributed by atoms with Gasteiger partial charge in [0.2, 0.25) is 5.95 Å². The molecule has 0 aliphatic rings. The lowest BCUT2D eigenvalue weighted by Crippen LogP contribution is -2.24. The molecule has 0 saturated carbocycles. The summed E-state index contributed by atoms with van der Waals surface area (Å²) in [5.74, 6) is 0.163. The Morgan fingerprint density at radius 1 is 1.00 bits per heavy atom. The van der Waals surface area contributed by atoms with E-state index in [9.17, 15) is 4.79 Å². The number of carbonyl (C=O) groups is 1. The molecule has 0 saturated heterocycles. The second-order valence-corrected chi connectivity index (χ2v) is 6.17. The van der Waals surface area contributed by atoms with Gasteiger partial charge in [0.25, 0.3) is 5.91 Å². The van der Waals surface area contributed by atoms with Gasteiger partial charge in [-0.1, -0.05) is 23.7 Å². The molecule has 1 aromatic carbocycles. The molecule has 2 heterocycles. The Labute approximate surface area is 156 Å². The molecule has 132 valence electrons. The molecule has 0 bridgehead atoms. The standard InChI is InChI=1S/C19H18ClN5O/c1-13-10-17(18(26)22-11-14-2-4-16(20)5-3-14)25-19(24-13)23-12-15-6-8-21-9-7-15/h2-10H,11-12H2,1H3,(H,22,26)(H,23,24,25). The van der Waals surface area contributed by atoms with Crippen LogP contribution in [0.25, 0.3) is 0 Å². The van der Waals surface area contributed by atoms with E-state index in [0.717, 1.165) is 11.1 Å². The highest BCUT2D eigenvalue weighted by Gasteiger charge is 2.10. The monoisotopic (exact) mass is 367 g/mol. The number of anilines is 1. The van der Waals surface area contributed by atoms with E-state index in [0.29, 0.717) is 35.4 Å². The zero-order valence-electron chi connectivity index (χ0n) is 14.2. The first-order valence-corrected chi connectivity index (χ1v) is 8.49. The summed E-state index contributed by atoms with van der Waals surface area (Å²) in [6, 6.07) is 12.8. The molecule has 0 spiro atoms. The van der Waals surface area contributed by atoms with E-state index in [1.165, 1.54) is 0 Å². The predicted octanol–water partition coefficient (Wildman–Crippen LogP) is 3.38. The van der Waals surface area contributed by atoms with Crippen LogP contribution in [-0.4, -0.2) is 20.9 Å². The highest BCUT2D eigenvalue weighted by atomic mass is 35.5. The van der Waals surface area contributed by atoms with Gasteiger partial charge in [0.1, 0.15) is 5.69 Å². The molecule has 2 N–H and O–H groups in total. The van der Waals surface area contributed by atoms with Gasteiger partial charge in [-0.25, -0.2) is 9.97 Å².